The van der Waals surface area contributed by atoms with Crippen molar-refractivity contribution in [3.05, 3.63) is 84.4 Å². The van der Waals surface area contributed by atoms with Crippen LogP contribution in [0.3, 0.4) is 0 Å². The molecular formula is C27H33N5O. The second-order valence-electron chi connectivity index (χ2n) is 8.05. The van der Waals surface area contributed by atoms with Crippen LogP contribution < -0.4 is 9.91 Å². The van der Waals surface area contributed by atoms with Crippen LogP contribution in [-0.2, 0) is 4.74 Å². The molecule has 0 saturated carbocycles. The minimum absolute atomic E-state index is 0.102. The third-order valence-electron chi connectivity index (χ3n) is 6.01. The van der Waals surface area contributed by atoms with Gasteiger partial charge in [-0.1, -0.05) is 30.4 Å². The molecule has 1 atom stereocenters. The molecule has 1 aromatic heterocycles. The first kappa shape index (κ1) is 22.6. The molecule has 0 fully saturated rings. The van der Waals surface area contributed by atoms with Crippen LogP contribution in [0.1, 0.15) is 32.8 Å². The molecule has 6 nitrogen and oxygen atoms in total. The van der Waals surface area contributed by atoms with Crippen molar-refractivity contribution in [1.82, 2.24) is 9.88 Å². The van der Waals surface area contributed by atoms with Crippen LogP contribution in [-0.4, -0.2) is 48.0 Å². The van der Waals surface area contributed by atoms with Gasteiger partial charge in [0.15, 0.2) is 6.73 Å². The Morgan fingerprint density at radius 2 is 1.85 bits per heavy atom. The summed E-state index contributed by atoms with van der Waals surface area (Å²) in [6, 6.07) is 14.7. The highest BCUT2D eigenvalue weighted by molar-refractivity contribution is 6.01. The summed E-state index contributed by atoms with van der Waals surface area (Å²) in [4.78, 5) is 9.07. The summed E-state index contributed by atoms with van der Waals surface area (Å²) in [6.07, 6.45) is 13.0. The van der Waals surface area contributed by atoms with Crippen LogP contribution in [0.5, 0.6) is 0 Å². The number of likely N-dealkylation sites (N-methyl/N-ethyl adjacent to an activating group) is 1. The quantitative estimate of drug-likeness (QED) is 0.527. The molecule has 2 aromatic rings. The number of hydrogen-bond donors (Lipinski definition) is 0. The number of nitrogens with zero attached hydrogens (tertiary/aromatic N) is 5. The lowest BCUT2D eigenvalue weighted by atomic mass is 10.1. The minimum atomic E-state index is 0.102. The predicted octanol–water partition coefficient (Wildman–Crippen LogP) is 5.28. The number of pyridine rings is 1. The fraction of sp³-hybridized carbons (Fsp3) is 0.333. The molecule has 4 rings (SSSR count). The summed E-state index contributed by atoms with van der Waals surface area (Å²) in [5, 5.41) is 6.89. The molecule has 1 aromatic carbocycles. The summed E-state index contributed by atoms with van der Waals surface area (Å²) in [6.45, 7) is 10.1. The Labute approximate surface area is 197 Å². The number of benzene rings is 1. The van der Waals surface area contributed by atoms with Crippen molar-refractivity contribution >= 4 is 23.3 Å². The molecule has 1 unspecified atom stereocenters. The van der Waals surface area contributed by atoms with Crippen LogP contribution in [0, 0.1) is 0 Å². The fourth-order valence-electron chi connectivity index (χ4n) is 4.08. The predicted molar refractivity (Wildman–Crippen MR) is 137 cm³/mol. The van der Waals surface area contributed by atoms with Gasteiger partial charge >= 0.3 is 0 Å². The van der Waals surface area contributed by atoms with Gasteiger partial charge < -0.3 is 14.5 Å². The largest absolute Gasteiger partial charge is 0.479 e. The maximum Gasteiger partial charge on any atom is 0.160 e. The molecule has 0 saturated heterocycles. The van der Waals surface area contributed by atoms with Crippen molar-refractivity contribution in [2.45, 2.75) is 33.2 Å². The van der Waals surface area contributed by atoms with Crippen molar-refractivity contribution < 1.29 is 4.74 Å². The van der Waals surface area contributed by atoms with Crippen molar-refractivity contribution in [2.75, 3.05) is 36.3 Å². The average molecular weight is 444 g/mol. The number of aromatic nitrogens is 1. The summed E-state index contributed by atoms with van der Waals surface area (Å²) in [5.74, 6) is 0.850. The van der Waals surface area contributed by atoms with Gasteiger partial charge in [0.2, 0.25) is 0 Å². The number of ether oxygens (including phenoxy) is 1. The van der Waals surface area contributed by atoms with Crippen LogP contribution >= 0.6 is 0 Å². The van der Waals surface area contributed by atoms with Crippen molar-refractivity contribution in [2.24, 2.45) is 5.10 Å². The van der Waals surface area contributed by atoms with Gasteiger partial charge in [-0.15, -0.1) is 0 Å². The SMILES string of the molecule is CCN1COC=C1C=CC1CC(C=Cc2ccc(N(CC)CC)cc2)=NN1c1ccccn1. The molecule has 6 heteroatoms. The summed E-state index contributed by atoms with van der Waals surface area (Å²) in [5.41, 5.74) is 4.56. The maximum atomic E-state index is 5.48. The third-order valence-corrected chi connectivity index (χ3v) is 6.01. The highest BCUT2D eigenvalue weighted by Crippen LogP contribution is 2.25. The number of hydrazone groups is 1. The molecule has 0 radical (unpaired) electrons. The van der Waals surface area contributed by atoms with Gasteiger partial charge in [0.05, 0.1) is 17.5 Å². The second-order valence-corrected chi connectivity index (χ2v) is 8.05. The van der Waals surface area contributed by atoms with Crippen molar-refractivity contribution in [3.63, 3.8) is 0 Å². The van der Waals surface area contributed by atoms with Crippen molar-refractivity contribution in [1.29, 1.82) is 0 Å². The molecule has 172 valence electrons. The van der Waals surface area contributed by atoms with Gasteiger partial charge in [-0.25, -0.2) is 9.99 Å². The zero-order valence-corrected chi connectivity index (χ0v) is 19.8. The van der Waals surface area contributed by atoms with E-state index >= 15 is 0 Å². The van der Waals surface area contributed by atoms with Crippen LogP contribution in [0.15, 0.2) is 84.0 Å². The molecule has 2 aliphatic rings. The van der Waals surface area contributed by atoms with E-state index in [0.29, 0.717) is 6.73 Å². The van der Waals surface area contributed by atoms with Gasteiger partial charge in [0, 0.05) is 37.9 Å². The van der Waals surface area contributed by atoms with Crippen LogP contribution in [0.25, 0.3) is 6.08 Å². The normalized spacial score (nSPS) is 18.2. The summed E-state index contributed by atoms with van der Waals surface area (Å²) in [7, 11) is 0. The fourth-order valence-corrected chi connectivity index (χ4v) is 4.08. The lowest BCUT2D eigenvalue weighted by molar-refractivity contribution is 0.173. The summed E-state index contributed by atoms with van der Waals surface area (Å²) >= 11 is 0. The van der Waals surface area contributed by atoms with Crippen LogP contribution in [0.4, 0.5) is 11.5 Å². The Balaban J connectivity index is 1.50. The molecule has 3 heterocycles. The number of anilines is 2. The Morgan fingerprint density at radius 3 is 2.55 bits per heavy atom. The lowest BCUT2D eigenvalue weighted by Crippen LogP contribution is -2.25. The number of allylic oxidation sites excluding steroid dienone is 2. The molecule has 0 N–H and O–H groups in total. The Hall–Kier alpha value is -3.54. The molecule has 0 bridgehead atoms. The highest BCUT2D eigenvalue weighted by atomic mass is 16.5. The minimum Gasteiger partial charge on any atom is -0.479 e. The average Bonchev–Trinajstić information content (AvgIpc) is 3.50. The smallest absolute Gasteiger partial charge is 0.160 e. The summed E-state index contributed by atoms with van der Waals surface area (Å²) < 4.78 is 5.48. The Morgan fingerprint density at radius 1 is 1.03 bits per heavy atom. The topological polar surface area (TPSA) is 44.2 Å². The van der Waals surface area contributed by atoms with E-state index in [1.165, 1.54) is 11.3 Å². The van der Waals surface area contributed by atoms with Crippen LogP contribution in [0.2, 0.25) is 0 Å². The number of hydrogen-bond acceptors (Lipinski definition) is 6. The molecule has 33 heavy (non-hydrogen) atoms. The molecule has 0 spiro atoms. The van der Waals surface area contributed by atoms with Gasteiger partial charge in [0.1, 0.15) is 12.1 Å². The van der Waals surface area contributed by atoms with E-state index in [-0.39, 0.29) is 6.04 Å². The lowest BCUT2D eigenvalue weighted by Gasteiger charge is -2.20. The van der Waals surface area contributed by atoms with Gasteiger partial charge in [0.25, 0.3) is 0 Å². The zero-order chi connectivity index (χ0) is 23.0. The van der Waals surface area contributed by atoms with E-state index in [0.717, 1.165) is 43.3 Å². The molecular weight excluding hydrogens is 410 g/mol. The van der Waals surface area contributed by atoms with E-state index in [9.17, 15) is 0 Å². The van der Waals surface area contributed by atoms with Gasteiger partial charge in [-0.3, -0.25) is 0 Å². The van der Waals surface area contributed by atoms with E-state index < -0.39 is 0 Å². The van der Waals surface area contributed by atoms with Gasteiger partial charge in [-0.2, -0.15) is 5.10 Å². The zero-order valence-electron chi connectivity index (χ0n) is 19.8. The maximum absolute atomic E-state index is 5.48. The highest BCUT2D eigenvalue weighted by Gasteiger charge is 2.26. The third kappa shape index (κ3) is 5.45. The molecule has 2 aliphatic heterocycles. The van der Waals surface area contributed by atoms with Crippen molar-refractivity contribution in [3.8, 4) is 0 Å². The number of rotatable bonds is 9. The standard InChI is InChI=1S/C27H33N5O/c1-4-30(5-2)24-14-11-22(12-15-24)10-13-23-19-25(16-17-26-20-33-21-31(26)6-3)32(29-23)27-9-7-8-18-28-27/h7-18,20,25H,4-6,19,21H2,1-3H3. The monoisotopic (exact) mass is 443 g/mol. The van der Waals surface area contributed by atoms with E-state index in [2.05, 4.69) is 84.1 Å². The Bertz CT molecular complexity index is 1020. The first-order valence-electron chi connectivity index (χ1n) is 11.8. The molecule has 0 amide bonds. The van der Waals surface area contributed by atoms with E-state index in [1.807, 2.05) is 35.7 Å². The van der Waals surface area contributed by atoms with Gasteiger partial charge in [-0.05, 0) is 62.8 Å². The Kier molecular flexibility index (Phi) is 7.45. The first-order chi connectivity index (χ1) is 16.2. The first-order valence-corrected chi connectivity index (χ1v) is 11.8. The van der Waals surface area contributed by atoms with E-state index in [4.69, 9.17) is 9.84 Å². The van der Waals surface area contributed by atoms with E-state index in [1.54, 1.807) is 0 Å². The molecule has 0 aliphatic carbocycles. The second kappa shape index (κ2) is 10.9.